The molecular formula is C26H20FN7OS. The monoisotopic (exact) mass is 497 g/mol. The van der Waals surface area contributed by atoms with Crippen LogP contribution in [0.15, 0.2) is 55.0 Å². The van der Waals surface area contributed by atoms with E-state index in [1.807, 2.05) is 43.3 Å². The average Bonchev–Trinajstić information content (AvgIpc) is 3.61. The molecule has 10 heteroatoms. The molecule has 0 radical (unpaired) electrons. The van der Waals surface area contributed by atoms with Crippen LogP contribution in [0.25, 0.3) is 55.2 Å². The Balaban J connectivity index is 1.50. The zero-order chi connectivity index (χ0) is 25.0. The molecule has 8 nitrogen and oxygen atoms in total. The maximum atomic E-state index is 16.0. The first-order valence-corrected chi connectivity index (χ1v) is 12.0. The molecule has 178 valence electrons. The molecule has 0 saturated heterocycles. The van der Waals surface area contributed by atoms with Crippen molar-refractivity contribution in [1.29, 1.82) is 0 Å². The third kappa shape index (κ3) is 3.54. The van der Waals surface area contributed by atoms with Crippen molar-refractivity contribution in [3.63, 3.8) is 0 Å². The van der Waals surface area contributed by atoms with Gasteiger partial charge in [-0.25, -0.2) is 14.4 Å². The standard InChI is InChI=1S/C26H20FN7OS/c1-13(35)19-6-7-20(36-19)17-8-9-29-25-23(17)30-26(31-25)24-21-18(32-33-24)5-4-16(22(21)27)14-10-15(34(2)3)12-28-11-14/h4-12H,1-3H3,(H,32,33)(H,29,30,31). The number of pyridine rings is 2. The van der Waals surface area contributed by atoms with Gasteiger partial charge >= 0.3 is 0 Å². The number of nitrogens with zero attached hydrogens (tertiary/aromatic N) is 5. The Labute approximate surface area is 208 Å². The van der Waals surface area contributed by atoms with Gasteiger partial charge in [-0.3, -0.25) is 14.9 Å². The zero-order valence-corrected chi connectivity index (χ0v) is 20.4. The Kier molecular flexibility index (Phi) is 5.11. The van der Waals surface area contributed by atoms with Crippen molar-refractivity contribution in [3.8, 4) is 33.1 Å². The SMILES string of the molecule is CC(=O)c1ccc(-c2ccnc3nc(-c4n[nH]c5ccc(-c6cncc(N(C)C)c6)c(F)c45)[nH]c23)s1. The summed E-state index contributed by atoms with van der Waals surface area (Å²) in [6, 6.07) is 11.0. The average molecular weight is 498 g/mol. The number of carbonyl (C=O) groups excluding carboxylic acids is 1. The Morgan fingerprint density at radius 1 is 1.08 bits per heavy atom. The van der Waals surface area contributed by atoms with Crippen LogP contribution in [0.3, 0.4) is 0 Å². The Bertz CT molecular complexity index is 1780. The Hall–Kier alpha value is -4.44. The van der Waals surface area contributed by atoms with Crippen LogP contribution < -0.4 is 4.90 Å². The lowest BCUT2D eigenvalue weighted by Gasteiger charge is -2.13. The van der Waals surface area contributed by atoms with Crippen LogP contribution in [0.2, 0.25) is 0 Å². The molecule has 0 aliphatic heterocycles. The fourth-order valence-corrected chi connectivity index (χ4v) is 5.12. The van der Waals surface area contributed by atoms with Gasteiger partial charge in [-0.1, -0.05) is 0 Å². The summed E-state index contributed by atoms with van der Waals surface area (Å²) in [5.74, 6) is 0.00477. The number of anilines is 1. The van der Waals surface area contributed by atoms with E-state index < -0.39 is 5.82 Å². The van der Waals surface area contributed by atoms with Crippen molar-refractivity contribution in [2.45, 2.75) is 6.92 Å². The molecule has 0 unspecified atom stereocenters. The number of carbonyl (C=O) groups is 1. The summed E-state index contributed by atoms with van der Waals surface area (Å²) in [4.78, 5) is 31.8. The number of thiophene rings is 1. The molecular weight excluding hydrogens is 477 g/mol. The number of nitrogens with one attached hydrogen (secondary N) is 2. The molecule has 0 aliphatic rings. The minimum absolute atomic E-state index is 0.0161. The number of rotatable bonds is 5. The molecule has 5 aromatic heterocycles. The number of hydrogen-bond acceptors (Lipinski definition) is 7. The van der Waals surface area contributed by atoms with Crippen molar-refractivity contribution in [2.75, 3.05) is 19.0 Å². The summed E-state index contributed by atoms with van der Waals surface area (Å²) in [6.45, 7) is 1.55. The maximum absolute atomic E-state index is 16.0. The van der Waals surface area contributed by atoms with Crippen LogP contribution in [-0.4, -0.2) is 50.0 Å². The fraction of sp³-hybridized carbons (Fsp3) is 0.115. The smallest absolute Gasteiger partial charge is 0.178 e. The Morgan fingerprint density at radius 2 is 1.94 bits per heavy atom. The van der Waals surface area contributed by atoms with E-state index in [2.05, 4.69) is 30.1 Å². The summed E-state index contributed by atoms with van der Waals surface area (Å²) < 4.78 is 16.0. The van der Waals surface area contributed by atoms with Gasteiger partial charge in [0.25, 0.3) is 0 Å². The summed E-state index contributed by atoms with van der Waals surface area (Å²) in [7, 11) is 3.82. The van der Waals surface area contributed by atoms with Gasteiger partial charge in [0.05, 0.1) is 33.2 Å². The Morgan fingerprint density at radius 3 is 2.72 bits per heavy atom. The lowest BCUT2D eigenvalue weighted by Crippen LogP contribution is -2.08. The maximum Gasteiger partial charge on any atom is 0.178 e. The first-order valence-electron chi connectivity index (χ1n) is 11.2. The van der Waals surface area contributed by atoms with E-state index in [0.29, 0.717) is 49.6 Å². The van der Waals surface area contributed by atoms with Crippen LogP contribution in [0.5, 0.6) is 0 Å². The molecule has 0 fully saturated rings. The van der Waals surface area contributed by atoms with Gasteiger partial charge in [-0.05, 0) is 43.3 Å². The largest absolute Gasteiger partial charge is 0.376 e. The predicted molar refractivity (Wildman–Crippen MR) is 140 cm³/mol. The van der Waals surface area contributed by atoms with Crippen LogP contribution in [0, 0.1) is 5.82 Å². The number of halogens is 1. The van der Waals surface area contributed by atoms with Crippen LogP contribution in [0.1, 0.15) is 16.6 Å². The summed E-state index contributed by atoms with van der Waals surface area (Å²) in [5.41, 5.74) is 4.92. The van der Waals surface area contributed by atoms with Gasteiger partial charge in [0, 0.05) is 48.1 Å². The topological polar surface area (TPSA) is 103 Å². The van der Waals surface area contributed by atoms with Crippen molar-refractivity contribution >= 4 is 44.9 Å². The molecule has 0 spiro atoms. The summed E-state index contributed by atoms with van der Waals surface area (Å²) in [5, 5.41) is 7.62. The normalized spacial score (nSPS) is 11.4. The van der Waals surface area contributed by atoms with E-state index in [0.717, 1.165) is 16.1 Å². The number of aromatic amines is 2. The van der Waals surface area contributed by atoms with Crippen molar-refractivity contribution in [1.82, 2.24) is 30.1 Å². The van der Waals surface area contributed by atoms with E-state index in [-0.39, 0.29) is 5.78 Å². The second kappa shape index (κ2) is 8.35. The van der Waals surface area contributed by atoms with Crippen molar-refractivity contribution < 1.29 is 9.18 Å². The van der Waals surface area contributed by atoms with Gasteiger partial charge in [-0.15, -0.1) is 11.3 Å². The van der Waals surface area contributed by atoms with E-state index in [1.165, 1.54) is 11.3 Å². The van der Waals surface area contributed by atoms with Gasteiger partial charge in [0.15, 0.2) is 17.3 Å². The lowest BCUT2D eigenvalue weighted by atomic mass is 10.0. The third-order valence-electron chi connectivity index (χ3n) is 6.05. The molecule has 2 N–H and O–H groups in total. The minimum Gasteiger partial charge on any atom is -0.376 e. The number of fused-ring (bicyclic) bond motifs is 2. The molecule has 0 aliphatic carbocycles. The highest BCUT2D eigenvalue weighted by atomic mass is 32.1. The van der Waals surface area contributed by atoms with Crippen molar-refractivity contribution in [2.24, 2.45) is 0 Å². The molecule has 0 bridgehead atoms. The molecule has 0 saturated carbocycles. The quantitative estimate of drug-likeness (QED) is 0.296. The van der Waals surface area contributed by atoms with E-state index >= 15 is 4.39 Å². The molecule has 5 heterocycles. The molecule has 1 aromatic carbocycles. The fourth-order valence-electron chi connectivity index (χ4n) is 4.19. The number of hydrogen-bond donors (Lipinski definition) is 2. The molecule has 6 rings (SSSR count). The second-order valence-electron chi connectivity index (χ2n) is 8.61. The van der Waals surface area contributed by atoms with Gasteiger partial charge in [0.2, 0.25) is 0 Å². The second-order valence-corrected chi connectivity index (χ2v) is 9.69. The van der Waals surface area contributed by atoms with Crippen LogP contribution in [0.4, 0.5) is 10.1 Å². The lowest BCUT2D eigenvalue weighted by molar-refractivity contribution is 0.102. The number of ketones is 1. The number of aromatic nitrogens is 6. The van der Waals surface area contributed by atoms with Gasteiger partial charge < -0.3 is 9.88 Å². The summed E-state index contributed by atoms with van der Waals surface area (Å²) >= 11 is 1.41. The first kappa shape index (κ1) is 22.1. The van der Waals surface area contributed by atoms with Gasteiger partial charge in [0.1, 0.15) is 11.5 Å². The highest BCUT2D eigenvalue weighted by Crippen LogP contribution is 2.36. The number of H-pyrrole nitrogens is 2. The first-order chi connectivity index (χ1) is 17.4. The van der Waals surface area contributed by atoms with E-state index in [1.54, 1.807) is 37.6 Å². The molecule has 6 aromatic rings. The number of Topliss-reactive ketones (excluding diaryl/α,β-unsaturated/α-hetero) is 1. The molecule has 0 amide bonds. The molecule has 36 heavy (non-hydrogen) atoms. The number of imidazole rings is 1. The van der Waals surface area contributed by atoms with Gasteiger partial charge in [-0.2, -0.15) is 5.10 Å². The summed E-state index contributed by atoms with van der Waals surface area (Å²) in [6.07, 6.45) is 5.04. The van der Waals surface area contributed by atoms with Crippen molar-refractivity contribution in [3.05, 3.63) is 65.7 Å². The minimum atomic E-state index is -0.410. The van der Waals surface area contributed by atoms with Crippen LogP contribution in [-0.2, 0) is 0 Å². The van der Waals surface area contributed by atoms with E-state index in [9.17, 15) is 4.79 Å². The predicted octanol–water partition coefficient (Wildman–Crippen LogP) is 5.70. The third-order valence-corrected chi connectivity index (χ3v) is 7.27. The highest BCUT2D eigenvalue weighted by Gasteiger charge is 2.21. The number of benzene rings is 1. The van der Waals surface area contributed by atoms with Crippen LogP contribution >= 0.6 is 11.3 Å². The van der Waals surface area contributed by atoms with E-state index in [4.69, 9.17) is 0 Å². The zero-order valence-electron chi connectivity index (χ0n) is 19.6. The highest BCUT2D eigenvalue weighted by molar-refractivity contribution is 7.17. The molecule has 0 atom stereocenters.